The zero-order chi connectivity index (χ0) is 18.9. The van der Waals surface area contributed by atoms with E-state index in [0.717, 1.165) is 0 Å². The van der Waals surface area contributed by atoms with E-state index < -0.39 is 16.8 Å². The van der Waals surface area contributed by atoms with Gasteiger partial charge < -0.3 is 9.64 Å². The van der Waals surface area contributed by atoms with Crippen molar-refractivity contribution in [2.24, 2.45) is 5.14 Å². The fourth-order valence-corrected chi connectivity index (χ4v) is 3.73. The number of aryl methyl sites for hydroxylation is 1. The van der Waals surface area contributed by atoms with E-state index in [2.05, 4.69) is 14.7 Å². The highest BCUT2D eigenvalue weighted by molar-refractivity contribution is 7.86. The molecule has 8 nitrogen and oxygen atoms in total. The molecular weight excluding hydrogens is 368 g/mol. The molecule has 1 saturated heterocycles. The van der Waals surface area contributed by atoms with Gasteiger partial charge in [-0.15, -0.1) is 0 Å². The minimum Gasteiger partial charge on any atom is -0.434 e. The van der Waals surface area contributed by atoms with Gasteiger partial charge in [-0.25, -0.2) is 15.1 Å². The summed E-state index contributed by atoms with van der Waals surface area (Å²) in [5.41, 5.74) is 1.01. The molecule has 142 valence electrons. The highest BCUT2D eigenvalue weighted by Crippen LogP contribution is 2.30. The lowest BCUT2D eigenvalue weighted by Gasteiger charge is -2.23. The normalized spacial score (nSPS) is 16.9. The van der Waals surface area contributed by atoms with E-state index in [1.807, 2.05) is 4.90 Å². The van der Waals surface area contributed by atoms with Crippen molar-refractivity contribution in [3.63, 3.8) is 0 Å². The van der Waals surface area contributed by atoms with Crippen LogP contribution < -0.4 is 14.8 Å². The Labute approximate surface area is 149 Å². The fourth-order valence-electron chi connectivity index (χ4n) is 3.01. The fraction of sp³-hybridized carbons (Fsp3) is 0.467. The number of hydrogen-bond acceptors (Lipinski definition) is 6. The monoisotopic (exact) mass is 387 g/mol. The Balaban J connectivity index is 1.94. The molecule has 3 rings (SSSR count). The molecule has 0 saturated carbocycles. The number of benzene rings is 1. The zero-order valence-electron chi connectivity index (χ0n) is 14.1. The van der Waals surface area contributed by atoms with Gasteiger partial charge in [-0.2, -0.15) is 21.5 Å². The number of nitrogens with two attached hydrogens (primary N) is 1. The minimum absolute atomic E-state index is 0.0633. The molecule has 0 aliphatic carbocycles. The first kappa shape index (κ1) is 18.7. The van der Waals surface area contributed by atoms with Crippen molar-refractivity contribution < 1.29 is 21.9 Å². The third-order valence-electron chi connectivity index (χ3n) is 4.24. The molecule has 2 aromatic rings. The van der Waals surface area contributed by atoms with Crippen molar-refractivity contribution in [3.05, 3.63) is 24.0 Å². The van der Waals surface area contributed by atoms with Crippen LogP contribution in [0, 0.1) is 6.92 Å². The molecule has 1 aromatic heterocycles. The quantitative estimate of drug-likeness (QED) is 0.847. The van der Waals surface area contributed by atoms with Crippen LogP contribution in [0.3, 0.4) is 0 Å². The van der Waals surface area contributed by atoms with Gasteiger partial charge in [0, 0.05) is 37.6 Å². The van der Waals surface area contributed by atoms with Crippen LogP contribution in [0.1, 0.15) is 12.0 Å². The molecule has 1 aliphatic rings. The van der Waals surface area contributed by atoms with E-state index in [-0.39, 0.29) is 12.3 Å². The first-order chi connectivity index (χ1) is 12.3. The molecule has 26 heavy (non-hydrogen) atoms. The summed E-state index contributed by atoms with van der Waals surface area (Å²) in [5.74, 6) is 0.686. The van der Waals surface area contributed by atoms with Crippen LogP contribution in [0.25, 0.3) is 10.9 Å². The molecule has 0 bridgehead atoms. The van der Waals surface area contributed by atoms with Gasteiger partial charge in [-0.3, -0.25) is 0 Å². The first-order valence-corrected chi connectivity index (χ1v) is 9.49. The smallest absolute Gasteiger partial charge is 0.387 e. The highest BCUT2D eigenvalue weighted by Gasteiger charge is 2.23. The molecule has 1 fully saturated rings. The number of fused-ring (bicyclic) bond motifs is 1. The lowest BCUT2D eigenvalue weighted by molar-refractivity contribution is -0.0502. The largest absolute Gasteiger partial charge is 0.434 e. The second-order valence-corrected chi connectivity index (χ2v) is 7.54. The highest BCUT2D eigenvalue weighted by atomic mass is 32.2. The van der Waals surface area contributed by atoms with Crippen LogP contribution in [-0.2, 0) is 10.2 Å². The van der Waals surface area contributed by atoms with E-state index in [0.29, 0.717) is 48.3 Å². The summed E-state index contributed by atoms with van der Waals surface area (Å²) in [6.45, 7) is 0.337. The Morgan fingerprint density at radius 1 is 1.19 bits per heavy atom. The van der Waals surface area contributed by atoms with Crippen molar-refractivity contribution in [2.45, 2.75) is 20.0 Å². The third-order valence-corrected chi connectivity index (χ3v) is 5.33. The topological polar surface area (TPSA) is 102 Å². The first-order valence-electron chi connectivity index (χ1n) is 7.98. The Morgan fingerprint density at radius 2 is 1.96 bits per heavy atom. The molecule has 0 spiro atoms. The van der Waals surface area contributed by atoms with Crippen LogP contribution in [0.2, 0.25) is 0 Å². The van der Waals surface area contributed by atoms with Gasteiger partial charge in [-0.1, -0.05) is 0 Å². The van der Waals surface area contributed by atoms with Gasteiger partial charge in [0.25, 0.3) is 10.2 Å². The summed E-state index contributed by atoms with van der Waals surface area (Å²) in [5, 5.41) is 5.90. The Morgan fingerprint density at radius 3 is 2.65 bits per heavy atom. The Hall–Kier alpha value is -2.11. The number of aromatic nitrogens is 2. The minimum atomic E-state index is -3.73. The van der Waals surface area contributed by atoms with Gasteiger partial charge >= 0.3 is 6.61 Å². The van der Waals surface area contributed by atoms with E-state index in [1.54, 1.807) is 13.0 Å². The summed E-state index contributed by atoms with van der Waals surface area (Å²) in [6, 6.07) is 3.15. The number of hydrogen-bond donors (Lipinski definition) is 1. The Kier molecular flexibility index (Phi) is 5.21. The van der Waals surface area contributed by atoms with Gasteiger partial charge in [0.15, 0.2) is 0 Å². The predicted octanol–water partition coefficient (Wildman–Crippen LogP) is 1.26. The maximum absolute atomic E-state index is 12.5. The van der Waals surface area contributed by atoms with Crippen LogP contribution in [0.15, 0.2) is 18.5 Å². The lowest BCUT2D eigenvalue weighted by Crippen LogP contribution is -2.39. The number of nitrogens with zero attached hydrogens (tertiary/aromatic N) is 4. The number of ether oxygens (including phenoxy) is 1. The Bertz CT molecular complexity index is 910. The molecule has 0 amide bonds. The average Bonchev–Trinajstić information content (AvgIpc) is 2.80. The predicted molar refractivity (Wildman–Crippen MR) is 92.4 cm³/mol. The van der Waals surface area contributed by atoms with E-state index in [4.69, 9.17) is 5.14 Å². The molecule has 1 aromatic carbocycles. The van der Waals surface area contributed by atoms with Crippen LogP contribution >= 0.6 is 0 Å². The van der Waals surface area contributed by atoms with Gasteiger partial charge in [0.05, 0.1) is 5.52 Å². The lowest BCUT2D eigenvalue weighted by atomic mass is 10.1. The van der Waals surface area contributed by atoms with E-state index >= 15 is 0 Å². The summed E-state index contributed by atoms with van der Waals surface area (Å²) < 4.78 is 53.9. The van der Waals surface area contributed by atoms with Crippen molar-refractivity contribution >= 4 is 26.9 Å². The molecule has 0 atom stereocenters. The van der Waals surface area contributed by atoms with E-state index in [1.165, 1.54) is 16.7 Å². The van der Waals surface area contributed by atoms with Crippen molar-refractivity contribution in [1.29, 1.82) is 0 Å². The maximum atomic E-state index is 12.5. The molecule has 0 unspecified atom stereocenters. The number of alkyl halides is 2. The van der Waals surface area contributed by atoms with Gasteiger partial charge in [0.1, 0.15) is 17.9 Å². The molecule has 0 radical (unpaired) electrons. The molecule has 2 N–H and O–H groups in total. The molecule has 2 heterocycles. The zero-order valence-corrected chi connectivity index (χ0v) is 14.9. The third kappa shape index (κ3) is 4.00. The standard InChI is InChI=1S/C15H19F2N5O3S/c1-10-7-11-12(8-13(10)25-15(16)17)19-9-20-14(11)21-3-2-4-22(6-5-21)26(18,23)24/h7-9,15H,2-6H2,1H3,(H2,18,23,24). The van der Waals surface area contributed by atoms with E-state index in [9.17, 15) is 17.2 Å². The molecule has 1 aliphatic heterocycles. The van der Waals surface area contributed by atoms with Crippen molar-refractivity contribution in [1.82, 2.24) is 14.3 Å². The van der Waals surface area contributed by atoms with Gasteiger partial charge in [0.2, 0.25) is 0 Å². The second-order valence-electron chi connectivity index (χ2n) is 6.00. The number of anilines is 1. The van der Waals surface area contributed by atoms with Crippen molar-refractivity contribution in [3.8, 4) is 5.75 Å². The summed E-state index contributed by atoms with van der Waals surface area (Å²) in [7, 11) is -3.73. The van der Waals surface area contributed by atoms with Crippen LogP contribution in [-0.4, -0.2) is 55.5 Å². The summed E-state index contributed by atoms with van der Waals surface area (Å²) in [4.78, 5) is 10.4. The maximum Gasteiger partial charge on any atom is 0.387 e. The van der Waals surface area contributed by atoms with Crippen LogP contribution in [0.4, 0.5) is 14.6 Å². The summed E-state index contributed by atoms with van der Waals surface area (Å²) in [6.07, 6.45) is 1.94. The number of rotatable bonds is 4. The second kappa shape index (κ2) is 7.25. The number of halogens is 2. The van der Waals surface area contributed by atoms with Crippen molar-refractivity contribution in [2.75, 3.05) is 31.1 Å². The molecular formula is C15H19F2N5O3S. The van der Waals surface area contributed by atoms with Crippen LogP contribution in [0.5, 0.6) is 5.75 Å². The average molecular weight is 387 g/mol. The van der Waals surface area contributed by atoms with Gasteiger partial charge in [-0.05, 0) is 25.0 Å². The summed E-state index contributed by atoms with van der Waals surface area (Å²) >= 11 is 0. The molecule has 11 heteroatoms. The SMILES string of the molecule is Cc1cc2c(N3CCCN(S(N)(=O)=O)CC3)ncnc2cc1OC(F)F.